The lowest BCUT2D eigenvalue weighted by atomic mass is 10.0. The van der Waals surface area contributed by atoms with Crippen molar-refractivity contribution in [2.24, 2.45) is 0 Å². The van der Waals surface area contributed by atoms with Crippen molar-refractivity contribution < 1.29 is 20.1 Å². The van der Waals surface area contributed by atoms with Crippen molar-refractivity contribution in [2.45, 2.75) is 57.8 Å². The Morgan fingerprint density at radius 3 is 2.44 bits per heavy atom. The third-order valence-corrected chi connectivity index (χ3v) is 5.73. The molecule has 0 saturated carbocycles. The molecule has 4 N–H and O–H groups in total. The fraction of sp³-hybridized carbons (Fsp3) is 0.538. The minimum atomic E-state index is -0.671. The van der Waals surface area contributed by atoms with Gasteiger partial charge in [-0.1, -0.05) is 31.0 Å². The lowest BCUT2D eigenvalue weighted by Gasteiger charge is -2.18. The molecule has 6 nitrogen and oxygen atoms in total. The molecule has 0 aromatic heterocycles. The molecular formula is C26H40N2O4. The second kappa shape index (κ2) is 14.1. The van der Waals surface area contributed by atoms with E-state index in [0.717, 1.165) is 45.3 Å². The number of nitrogens with zero attached hydrogens (tertiary/aromatic N) is 1. The lowest BCUT2D eigenvalue weighted by molar-refractivity contribution is 0.132. The second-order valence-electron chi connectivity index (χ2n) is 8.64. The molecule has 2 aromatic rings. The molecule has 0 bridgehead atoms. The zero-order valence-electron chi connectivity index (χ0n) is 19.8. The summed E-state index contributed by atoms with van der Waals surface area (Å²) in [5.41, 5.74) is 3.64. The van der Waals surface area contributed by atoms with Crippen molar-refractivity contribution >= 4 is 5.69 Å². The third-order valence-electron chi connectivity index (χ3n) is 5.73. The van der Waals surface area contributed by atoms with E-state index in [1.54, 1.807) is 12.1 Å². The predicted octanol–water partition coefficient (Wildman–Crippen LogP) is 3.78. The molecule has 0 fully saturated rings. The summed E-state index contributed by atoms with van der Waals surface area (Å²) >= 11 is 0. The van der Waals surface area contributed by atoms with Crippen molar-refractivity contribution in [2.75, 3.05) is 38.8 Å². The molecule has 2 unspecified atom stereocenters. The van der Waals surface area contributed by atoms with E-state index in [1.807, 2.05) is 14.1 Å². The molecule has 0 spiro atoms. The van der Waals surface area contributed by atoms with Crippen molar-refractivity contribution in [3.8, 4) is 5.75 Å². The highest BCUT2D eigenvalue weighted by Crippen LogP contribution is 2.22. The summed E-state index contributed by atoms with van der Waals surface area (Å²) < 4.78 is 5.78. The van der Waals surface area contributed by atoms with Crippen LogP contribution in [0.3, 0.4) is 0 Å². The number of nitrogens with one attached hydrogen (secondary N) is 1. The molecule has 0 heterocycles. The van der Waals surface area contributed by atoms with E-state index in [9.17, 15) is 15.3 Å². The van der Waals surface area contributed by atoms with Crippen LogP contribution in [0.5, 0.6) is 5.75 Å². The molecule has 0 saturated heterocycles. The van der Waals surface area contributed by atoms with Gasteiger partial charge in [0, 0.05) is 44.5 Å². The van der Waals surface area contributed by atoms with Crippen LogP contribution < -0.4 is 10.2 Å². The fourth-order valence-electron chi connectivity index (χ4n) is 3.56. The molecule has 178 valence electrons. The largest absolute Gasteiger partial charge is 0.508 e. The van der Waals surface area contributed by atoms with Gasteiger partial charge in [-0.3, -0.25) is 0 Å². The maximum atomic E-state index is 10.3. The van der Waals surface area contributed by atoms with Crippen LogP contribution >= 0.6 is 0 Å². The van der Waals surface area contributed by atoms with Gasteiger partial charge < -0.3 is 30.3 Å². The first-order valence-electron chi connectivity index (χ1n) is 11.6. The molecule has 2 rings (SSSR count). The predicted molar refractivity (Wildman–Crippen MR) is 130 cm³/mol. The number of unbranched alkanes of at least 4 members (excludes halogenated alkanes) is 2. The van der Waals surface area contributed by atoms with E-state index >= 15 is 0 Å². The van der Waals surface area contributed by atoms with Gasteiger partial charge >= 0.3 is 0 Å². The van der Waals surface area contributed by atoms with Gasteiger partial charge in [-0.15, -0.1) is 0 Å². The summed E-state index contributed by atoms with van der Waals surface area (Å²) in [5.74, 6) is 0.0485. The SMILES string of the molecule is CC(CCCCCOCCc1ccc(N(C)C)cc1)NCC(O)c1ccc(O)c(CO)c1. The minimum Gasteiger partial charge on any atom is -0.508 e. The van der Waals surface area contributed by atoms with Crippen molar-refractivity contribution in [1.29, 1.82) is 0 Å². The Balaban J connectivity index is 1.51. The number of anilines is 1. The highest BCUT2D eigenvalue weighted by molar-refractivity contribution is 5.46. The summed E-state index contributed by atoms with van der Waals surface area (Å²) in [6, 6.07) is 13.8. The Bertz CT molecular complexity index is 780. The first-order chi connectivity index (χ1) is 15.4. The second-order valence-corrected chi connectivity index (χ2v) is 8.64. The van der Waals surface area contributed by atoms with Crippen molar-refractivity contribution in [3.05, 3.63) is 59.2 Å². The highest BCUT2D eigenvalue weighted by Gasteiger charge is 2.11. The average Bonchev–Trinajstić information content (AvgIpc) is 2.79. The number of ether oxygens (including phenoxy) is 1. The summed E-state index contributed by atoms with van der Waals surface area (Å²) in [7, 11) is 4.09. The molecule has 0 radical (unpaired) electrons. The van der Waals surface area contributed by atoms with E-state index in [0.29, 0.717) is 23.7 Å². The summed E-state index contributed by atoms with van der Waals surface area (Å²) in [4.78, 5) is 2.10. The van der Waals surface area contributed by atoms with Gasteiger partial charge in [0.05, 0.1) is 19.3 Å². The number of hydrogen-bond acceptors (Lipinski definition) is 6. The molecule has 2 aromatic carbocycles. The third kappa shape index (κ3) is 9.17. The molecule has 0 amide bonds. The molecule has 2 atom stereocenters. The van der Waals surface area contributed by atoms with Gasteiger partial charge in [-0.25, -0.2) is 0 Å². The Labute approximate surface area is 192 Å². The standard InChI is InChI=1S/C26H40N2O4/c1-20(27-18-26(31)22-10-13-25(30)23(17-22)19-29)7-5-4-6-15-32-16-14-21-8-11-24(12-9-21)28(2)3/h8-13,17,20,26-27,29-31H,4-7,14-16,18-19H2,1-3H3. The normalized spacial score (nSPS) is 13.2. The quantitative estimate of drug-likeness (QED) is 0.313. The van der Waals surface area contributed by atoms with Crippen LogP contribution in [-0.2, 0) is 17.8 Å². The Morgan fingerprint density at radius 2 is 1.75 bits per heavy atom. The van der Waals surface area contributed by atoms with Crippen LogP contribution in [0.15, 0.2) is 42.5 Å². The maximum absolute atomic E-state index is 10.3. The van der Waals surface area contributed by atoms with E-state index in [1.165, 1.54) is 17.3 Å². The minimum absolute atomic E-state index is 0.0485. The molecule has 0 aliphatic heterocycles. The molecule has 6 heteroatoms. The number of rotatable bonds is 15. The lowest BCUT2D eigenvalue weighted by Crippen LogP contribution is -2.30. The number of aliphatic hydroxyl groups excluding tert-OH is 2. The highest BCUT2D eigenvalue weighted by atomic mass is 16.5. The van der Waals surface area contributed by atoms with Crippen LogP contribution in [0.4, 0.5) is 5.69 Å². The number of phenols is 1. The number of benzene rings is 2. The summed E-state index contributed by atoms with van der Waals surface area (Å²) in [5, 5.41) is 32.6. The molecule has 32 heavy (non-hydrogen) atoms. The van der Waals surface area contributed by atoms with E-state index in [-0.39, 0.29) is 12.4 Å². The molecule has 0 aliphatic rings. The van der Waals surface area contributed by atoms with Gasteiger partial charge in [0.25, 0.3) is 0 Å². The first kappa shape index (κ1) is 26.1. The Hall–Kier alpha value is -2.12. The van der Waals surface area contributed by atoms with Gasteiger partial charge in [-0.2, -0.15) is 0 Å². The fourth-order valence-corrected chi connectivity index (χ4v) is 3.56. The van der Waals surface area contributed by atoms with Gasteiger partial charge in [0.2, 0.25) is 0 Å². The first-order valence-corrected chi connectivity index (χ1v) is 11.6. The smallest absolute Gasteiger partial charge is 0.121 e. The number of aromatic hydroxyl groups is 1. The summed E-state index contributed by atoms with van der Waals surface area (Å²) in [6.07, 6.45) is 4.63. The monoisotopic (exact) mass is 444 g/mol. The van der Waals surface area contributed by atoms with Crippen LogP contribution in [0.25, 0.3) is 0 Å². The van der Waals surface area contributed by atoms with Crippen LogP contribution in [0.2, 0.25) is 0 Å². The summed E-state index contributed by atoms with van der Waals surface area (Å²) in [6.45, 7) is 3.87. The Kier molecular flexibility index (Phi) is 11.5. The maximum Gasteiger partial charge on any atom is 0.121 e. The van der Waals surface area contributed by atoms with Crippen molar-refractivity contribution in [3.63, 3.8) is 0 Å². The van der Waals surface area contributed by atoms with E-state index in [2.05, 4.69) is 41.4 Å². The van der Waals surface area contributed by atoms with Crippen molar-refractivity contribution in [1.82, 2.24) is 5.32 Å². The zero-order valence-corrected chi connectivity index (χ0v) is 19.8. The average molecular weight is 445 g/mol. The van der Waals surface area contributed by atoms with E-state index in [4.69, 9.17) is 4.74 Å². The van der Waals surface area contributed by atoms with Gasteiger partial charge in [0.15, 0.2) is 0 Å². The topological polar surface area (TPSA) is 85.2 Å². The Morgan fingerprint density at radius 1 is 1.00 bits per heavy atom. The number of hydrogen-bond donors (Lipinski definition) is 4. The van der Waals surface area contributed by atoms with Crippen LogP contribution in [-0.4, -0.2) is 55.2 Å². The van der Waals surface area contributed by atoms with Crippen LogP contribution in [0.1, 0.15) is 55.4 Å². The molecular weight excluding hydrogens is 404 g/mol. The van der Waals surface area contributed by atoms with Crippen LogP contribution in [0, 0.1) is 0 Å². The van der Waals surface area contributed by atoms with E-state index < -0.39 is 6.10 Å². The van der Waals surface area contributed by atoms with Gasteiger partial charge in [0.1, 0.15) is 5.75 Å². The van der Waals surface area contributed by atoms with Gasteiger partial charge in [-0.05, 0) is 61.6 Å². The zero-order chi connectivity index (χ0) is 23.3. The molecule has 0 aliphatic carbocycles. The number of aliphatic hydroxyl groups is 2.